The molecule has 0 aliphatic carbocycles. The number of aromatic nitrogens is 1. The highest BCUT2D eigenvalue weighted by Crippen LogP contribution is 2.22. The number of benzene rings is 1. The lowest BCUT2D eigenvalue weighted by molar-refractivity contribution is 0.0194. The number of nitrogens with zero attached hydrogens (tertiary/aromatic N) is 3. The number of pyridine rings is 1. The standard InChI is InChI=1S/C20H24FN3O/c1-15(2)11-23(12-16-6-5-9-22-10-16)17-13-24(14-17)20(25)18-7-3-4-8-19(18)21/h3-10,15,17H,11-14H2,1-2H3. The average Bonchev–Trinajstić information content (AvgIpc) is 2.54. The molecule has 0 bridgehead atoms. The van der Waals surface area contributed by atoms with Crippen LogP contribution in [0.5, 0.6) is 0 Å². The number of likely N-dealkylation sites (tertiary alicyclic amines) is 1. The van der Waals surface area contributed by atoms with Crippen molar-refractivity contribution in [1.29, 1.82) is 0 Å². The Balaban J connectivity index is 1.63. The molecule has 1 saturated heterocycles. The van der Waals surface area contributed by atoms with Gasteiger partial charge < -0.3 is 4.90 Å². The second-order valence-corrected chi connectivity index (χ2v) is 7.03. The van der Waals surface area contributed by atoms with Crippen LogP contribution < -0.4 is 0 Å². The van der Waals surface area contributed by atoms with Crippen molar-refractivity contribution in [3.05, 3.63) is 65.7 Å². The Morgan fingerprint density at radius 1 is 1.28 bits per heavy atom. The first kappa shape index (κ1) is 17.5. The van der Waals surface area contributed by atoms with Gasteiger partial charge in [-0.25, -0.2) is 4.39 Å². The molecule has 25 heavy (non-hydrogen) atoms. The summed E-state index contributed by atoms with van der Waals surface area (Å²) in [5, 5.41) is 0. The smallest absolute Gasteiger partial charge is 0.256 e. The minimum Gasteiger partial charge on any atom is -0.335 e. The van der Waals surface area contributed by atoms with Gasteiger partial charge in [0.25, 0.3) is 5.91 Å². The summed E-state index contributed by atoms with van der Waals surface area (Å²) in [6, 6.07) is 10.5. The second-order valence-electron chi connectivity index (χ2n) is 7.03. The molecule has 5 heteroatoms. The van der Waals surface area contributed by atoms with Gasteiger partial charge >= 0.3 is 0 Å². The van der Waals surface area contributed by atoms with E-state index in [0.717, 1.165) is 13.1 Å². The van der Waals surface area contributed by atoms with Crippen LogP contribution in [0.3, 0.4) is 0 Å². The Morgan fingerprint density at radius 3 is 2.68 bits per heavy atom. The van der Waals surface area contributed by atoms with Crippen molar-refractivity contribution in [2.45, 2.75) is 26.4 Å². The number of carbonyl (C=O) groups is 1. The van der Waals surface area contributed by atoms with Gasteiger partial charge in [-0.2, -0.15) is 0 Å². The third kappa shape index (κ3) is 4.23. The molecular weight excluding hydrogens is 317 g/mol. The topological polar surface area (TPSA) is 36.4 Å². The monoisotopic (exact) mass is 341 g/mol. The highest BCUT2D eigenvalue weighted by atomic mass is 19.1. The molecule has 2 heterocycles. The van der Waals surface area contributed by atoms with E-state index in [0.29, 0.717) is 25.0 Å². The van der Waals surface area contributed by atoms with Gasteiger partial charge in [0.05, 0.1) is 5.56 Å². The molecule has 1 fully saturated rings. The SMILES string of the molecule is CC(C)CN(Cc1cccnc1)C1CN(C(=O)c2ccccc2F)C1. The molecule has 2 aromatic rings. The fourth-order valence-electron chi connectivity index (χ4n) is 3.19. The van der Waals surface area contributed by atoms with Crippen molar-refractivity contribution in [3.8, 4) is 0 Å². The molecule has 0 atom stereocenters. The first-order chi connectivity index (χ1) is 12.0. The number of amides is 1. The summed E-state index contributed by atoms with van der Waals surface area (Å²) >= 11 is 0. The van der Waals surface area contributed by atoms with Gasteiger partial charge in [0, 0.05) is 44.6 Å². The predicted octanol–water partition coefficient (Wildman–Crippen LogP) is 3.20. The zero-order valence-electron chi connectivity index (χ0n) is 14.7. The van der Waals surface area contributed by atoms with E-state index in [9.17, 15) is 9.18 Å². The van der Waals surface area contributed by atoms with Gasteiger partial charge in [0.15, 0.2) is 0 Å². The number of hydrogen-bond donors (Lipinski definition) is 0. The van der Waals surface area contributed by atoms with Gasteiger partial charge in [-0.05, 0) is 29.7 Å². The van der Waals surface area contributed by atoms with Crippen molar-refractivity contribution in [1.82, 2.24) is 14.8 Å². The molecule has 4 nitrogen and oxygen atoms in total. The maximum Gasteiger partial charge on any atom is 0.256 e. The van der Waals surface area contributed by atoms with Crippen molar-refractivity contribution in [2.75, 3.05) is 19.6 Å². The van der Waals surface area contributed by atoms with Crippen molar-refractivity contribution >= 4 is 5.91 Å². The van der Waals surface area contributed by atoms with E-state index in [1.54, 1.807) is 29.3 Å². The summed E-state index contributed by atoms with van der Waals surface area (Å²) < 4.78 is 13.8. The fourth-order valence-corrected chi connectivity index (χ4v) is 3.19. The van der Waals surface area contributed by atoms with Crippen molar-refractivity contribution in [2.24, 2.45) is 5.92 Å². The normalized spacial score (nSPS) is 14.8. The van der Waals surface area contributed by atoms with Gasteiger partial charge in [0.1, 0.15) is 5.82 Å². The summed E-state index contributed by atoms with van der Waals surface area (Å²) in [6.45, 7) is 7.44. The van der Waals surface area contributed by atoms with Crippen LogP contribution in [0.25, 0.3) is 0 Å². The summed E-state index contributed by atoms with van der Waals surface area (Å²) in [6.07, 6.45) is 3.66. The van der Waals surface area contributed by atoms with Crippen LogP contribution in [0.1, 0.15) is 29.8 Å². The summed E-state index contributed by atoms with van der Waals surface area (Å²) in [7, 11) is 0. The molecule has 1 aliphatic heterocycles. The molecule has 0 unspecified atom stereocenters. The quantitative estimate of drug-likeness (QED) is 0.809. The summed E-state index contributed by atoms with van der Waals surface area (Å²) in [5.41, 5.74) is 1.32. The van der Waals surface area contributed by atoms with E-state index in [1.165, 1.54) is 11.6 Å². The predicted molar refractivity (Wildman–Crippen MR) is 95.6 cm³/mol. The summed E-state index contributed by atoms with van der Waals surface area (Å²) in [4.78, 5) is 20.8. The van der Waals surface area contributed by atoms with Crippen molar-refractivity contribution in [3.63, 3.8) is 0 Å². The highest BCUT2D eigenvalue weighted by molar-refractivity contribution is 5.95. The summed E-state index contributed by atoms with van der Waals surface area (Å²) in [5.74, 6) is -0.140. The van der Waals surface area contributed by atoms with Crippen LogP contribution in [0.2, 0.25) is 0 Å². The molecule has 0 N–H and O–H groups in total. The molecular formula is C20H24FN3O. The van der Waals surface area contributed by atoms with Crippen LogP contribution >= 0.6 is 0 Å². The lowest BCUT2D eigenvalue weighted by Crippen LogP contribution is -2.61. The van der Waals surface area contributed by atoms with Gasteiger partial charge in [-0.15, -0.1) is 0 Å². The number of carbonyl (C=O) groups excluding carboxylic acids is 1. The Kier molecular flexibility index (Phi) is 5.43. The minimum atomic E-state index is -0.453. The molecule has 1 aliphatic rings. The third-order valence-corrected chi connectivity index (χ3v) is 4.48. The van der Waals surface area contributed by atoms with Crippen LogP contribution in [-0.4, -0.2) is 46.4 Å². The van der Waals surface area contributed by atoms with Gasteiger partial charge in [0.2, 0.25) is 0 Å². The Bertz CT molecular complexity index is 714. The molecule has 1 aromatic heterocycles. The van der Waals surface area contributed by atoms with Crippen LogP contribution in [0.15, 0.2) is 48.8 Å². The zero-order valence-corrected chi connectivity index (χ0v) is 14.7. The Morgan fingerprint density at radius 2 is 2.04 bits per heavy atom. The lowest BCUT2D eigenvalue weighted by atomic mass is 10.0. The maximum atomic E-state index is 13.8. The molecule has 1 amide bonds. The van der Waals surface area contributed by atoms with E-state index in [1.807, 2.05) is 12.3 Å². The first-order valence-corrected chi connectivity index (χ1v) is 8.71. The van der Waals surface area contributed by atoms with Crippen LogP contribution in [0, 0.1) is 11.7 Å². The zero-order chi connectivity index (χ0) is 17.8. The fraction of sp³-hybridized carbons (Fsp3) is 0.400. The molecule has 0 saturated carbocycles. The molecule has 0 spiro atoms. The number of rotatable bonds is 6. The number of halogens is 1. The Hall–Kier alpha value is -2.27. The van der Waals surface area contributed by atoms with E-state index in [-0.39, 0.29) is 11.5 Å². The molecule has 1 aromatic carbocycles. The van der Waals surface area contributed by atoms with Crippen LogP contribution in [0.4, 0.5) is 4.39 Å². The lowest BCUT2D eigenvalue weighted by Gasteiger charge is -2.46. The minimum absolute atomic E-state index is 0.156. The van der Waals surface area contributed by atoms with E-state index in [4.69, 9.17) is 0 Å². The molecule has 0 radical (unpaired) electrons. The highest BCUT2D eigenvalue weighted by Gasteiger charge is 2.36. The third-order valence-electron chi connectivity index (χ3n) is 4.48. The Labute approximate surface area is 148 Å². The second kappa shape index (κ2) is 7.74. The first-order valence-electron chi connectivity index (χ1n) is 8.71. The molecule has 3 rings (SSSR count). The van der Waals surface area contributed by atoms with Crippen molar-refractivity contribution < 1.29 is 9.18 Å². The average molecular weight is 341 g/mol. The maximum absolute atomic E-state index is 13.8. The number of hydrogen-bond acceptors (Lipinski definition) is 3. The van der Waals surface area contributed by atoms with Crippen LogP contribution in [-0.2, 0) is 6.54 Å². The largest absolute Gasteiger partial charge is 0.335 e. The van der Waals surface area contributed by atoms with Gasteiger partial charge in [-0.3, -0.25) is 14.7 Å². The van der Waals surface area contributed by atoms with E-state index < -0.39 is 5.82 Å². The molecule has 132 valence electrons. The van der Waals surface area contributed by atoms with E-state index >= 15 is 0 Å². The van der Waals surface area contributed by atoms with E-state index in [2.05, 4.69) is 29.8 Å². The van der Waals surface area contributed by atoms with Gasteiger partial charge in [-0.1, -0.05) is 32.0 Å².